The normalized spacial score (nSPS) is 9.55. The van der Waals surface area contributed by atoms with Crippen molar-refractivity contribution in [1.29, 1.82) is 0 Å². The number of hydrogen-bond donors (Lipinski definition) is 1. The quantitative estimate of drug-likeness (QED) is 0.661. The molecule has 1 radical (unpaired) electrons. The van der Waals surface area contributed by atoms with Gasteiger partial charge in [0, 0.05) is 0 Å². The SMILES string of the molecule is Cc1c([NH])cccc1C(=O)O. The predicted octanol–water partition coefficient (Wildman–Crippen LogP) is 1.61. The lowest BCUT2D eigenvalue weighted by molar-refractivity contribution is 0.0696. The molecule has 0 aliphatic heterocycles. The molecule has 0 saturated heterocycles. The summed E-state index contributed by atoms with van der Waals surface area (Å²) >= 11 is 0. The van der Waals surface area contributed by atoms with E-state index >= 15 is 0 Å². The van der Waals surface area contributed by atoms with Gasteiger partial charge in [-0.2, -0.15) is 0 Å². The smallest absolute Gasteiger partial charge is 0.336 e. The summed E-state index contributed by atoms with van der Waals surface area (Å²) < 4.78 is 0. The Bertz CT molecular complexity index is 294. The number of aromatic carboxylic acids is 1. The Kier molecular flexibility index (Phi) is 1.81. The van der Waals surface area contributed by atoms with Gasteiger partial charge < -0.3 is 10.8 Å². The summed E-state index contributed by atoms with van der Waals surface area (Å²) in [6, 6.07) is 4.64. The zero-order valence-corrected chi connectivity index (χ0v) is 6.09. The van der Waals surface area contributed by atoms with Crippen molar-refractivity contribution in [3.8, 4) is 0 Å². The van der Waals surface area contributed by atoms with Gasteiger partial charge in [0.1, 0.15) is 0 Å². The van der Waals surface area contributed by atoms with Gasteiger partial charge >= 0.3 is 5.97 Å². The maximum absolute atomic E-state index is 10.5. The predicted molar refractivity (Wildman–Crippen MR) is 40.9 cm³/mol. The molecule has 0 heterocycles. The third-order valence-corrected chi connectivity index (χ3v) is 1.56. The van der Waals surface area contributed by atoms with Gasteiger partial charge in [-0.3, -0.25) is 0 Å². The van der Waals surface area contributed by atoms with Gasteiger partial charge in [0.25, 0.3) is 0 Å². The molecule has 0 atom stereocenters. The van der Waals surface area contributed by atoms with E-state index < -0.39 is 5.97 Å². The average Bonchev–Trinajstić information content (AvgIpc) is 1.94. The molecule has 1 aromatic rings. The molecule has 0 bridgehead atoms. The molecule has 0 aromatic heterocycles. The number of carboxylic acids is 1. The van der Waals surface area contributed by atoms with Crippen molar-refractivity contribution in [2.24, 2.45) is 0 Å². The van der Waals surface area contributed by atoms with Crippen molar-refractivity contribution in [2.75, 3.05) is 0 Å². The van der Waals surface area contributed by atoms with E-state index in [9.17, 15) is 4.79 Å². The fourth-order valence-corrected chi connectivity index (χ4v) is 0.867. The summed E-state index contributed by atoms with van der Waals surface area (Å²) in [5.74, 6) is -0.975. The first-order chi connectivity index (χ1) is 5.13. The summed E-state index contributed by atoms with van der Waals surface area (Å²) in [4.78, 5) is 10.5. The van der Waals surface area contributed by atoms with Crippen molar-refractivity contribution >= 4 is 11.7 Å². The standard InChI is InChI=1S/C8H8NO2/c1-5-6(8(10)11)3-2-4-7(5)9/h2-4,9H,1H3,(H,10,11). The summed E-state index contributed by atoms with van der Waals surface area (Å²) in [5.41, 5.74) is 8.28. The first-order valence-electron chi connectivity index (χ1n) is 3.17. The molecule has 0 amide bonds. The van der Waals surface area contributed by atoms with Crippen molar-refractivity contribution in [3.63, 3.8) is 0 Å². The van der Waals surface area contributed by atoms with Crippen LogP contribution in [0.15, 0.2) is 18.2 Å². The Labute approximate surface area is 64.5 Å². The van der Waals surface area contributed by atoms with Crippen molar-refractivity contribution < 1.29 is 9.90 Å². The van der Waals surface area contributed by atoms with Crippen LogP contribution < -0.4 is 5.73 Å². The zero-order valence-electron chi connectivity index (χ0n) is 6.09. The first-order valence-corrected chi connectivity index (χ1v) is 3.17. The molecule has 0 fully saturated rings. The van der Waals surface area contributed by atoms with E-state index in [2.05, 4.69) is 0 Å². The van der Waals surface area contributed by atoms with Gasteiger partial charge in [0.2, 0.25) is 0 Å². The third kappa shape index (κ3) is 1.32. The van der Waals surface area contributed by atoms with E-state index in [-0.39, 0.29) is 11.3 Å². The largest absolute Gasteiger partial charge is 0.478 e. The Morgan fingerprint density at radius 1 is 1.55 bits per heavy atom. The molecular formula is C8H8NO2. The minimum absolute atomic E-state index is 0.206. The number of nitrogens with one attached hydrogen (secondary N) is 1. The molecule has 0 spiro atoms. The lowest BCUT2D eigenvalue weighted by atomic mass is 10.1. The molecular weight excluding hydrogens is 142 g/mol. The van der Waals surface area contributed by atoms with Crippen LogP contribution in [0.25, 0.3) is 0 Å². The number of rotatable bonds is 1. The number of carboxylic acid groups (broad SMARTS) is 1. The van der Waals surface area contributed by atoms with Crippen LogP contribution in [0, 0.1) is 6.92 Å². The summed E-state index contributed by atoms with van der Waals surface area (Å²) in [5, 5.41) is 8.61. The van der Waals surface area contributed by atoms with E-state index in [0.29, 0.717) is 5.56 Å². The van der Waals surface area contributed by atoms with Gasteiger partial charge in [-0.25, -0.2) is 4.79 Å². The van der Waals surface area contributed by atoms with Crippen molar-refractivity contribution in [1.82, 2.24) is 5.73 Å². The van der Waals surface area contributed by atoms with Crippen LogP contribution in [0.4, 0.5) is 5.69 Å². The molecule has 11 heavy (non-hydrogen) atoms. The molecule has 2 N–H and O–H groups in total. The Balaban J connectivity index is 3.27. The second kappa shape index (κ2) is 2.62. The van der Waals surface area contributed by atoms with Crippen LogP contribution in [-0.2, 0) is 0 Å². The number of hydrogen-bond acceptors (Lipinski definition) is 1. The highest BCUT2D eigenvalue weighted by atomic mass is 16.4. The maximum atomic E-state index is 10.5. The fraction of sp³-hybridized carbons (Fsp3) is 0.125. The van der Waals surface area contributed by atoms with Gasteiger partial charge in [-0.05, 0) is 24.6 Å². The monoisotopic (exact) mass is 150 g/mol. The number of carbonyl (C=O) groups is 1. The highest BCUT2D eigenvalue weighted by molar-refractivity contribution is 5.90. The first kappa shape index (κ1) is 7.60. The maximum Gasteiger partial charge on any atom is 0.336 e. The molecule has 3 heteroatoms. The molecule has 0 unspecified atom stereocenters. The fourth-order valence-electron chi connectivity index (χ4n) is 0.867. The molecule has 1 rings (SSSR count). The topological polar surface area (TPSA) is 61.1 Å². The Hall–Kier alpha value is -1.51. The molecule has 0 aliphatic rings. The van der Waals surface area contributed by atoms with Crippen LogP contribution in [0.3, 0.4) is 0 Å². The van der Waals surface area contributed by atoms with Gasteiger partial charge in [-0.1, -0.05) is 6.07 Å². The van der Waals surface area contributed by atoms with Gasteiger partial charge in [0.15, 0.2) is 0 Å². The third-order valence-electron chi connectivity index (χ3n) is 1.56. The number of benzene rings is 1. The highest BCUT2D eigenvalue weighted by Gasteiger charge is 2.07. The van der Waals surface area contributed by atoms with E-state index in [4.69, 9.17) is 10.8 Å². The summed E-state index contributed by atoms with van der Waals surface area (Å²) in [7, 11) is 0. The molecule has 1 aromatic carbocycles. The van der Waals surface area contributed by atoms with Gasteiger partial charge in [-0.15, -0.1) is 0 Å². The Morgan fingerprint density at radius 3 is 2.64 bits per heavy atom. The highest BCUT2D eigenvalue weighted by Crippen LogP contribution is 2.16. The van der Waals surface area contributed by atoms with E-state index in [0.717, 1.165) is 0 Å². The molecule has 3 nitrogen and oxygen atoms in total. The van der Waals surface area contributed by atoms with E-state index in [1.807, 2.05) is 0 Å². The molecule has 57 valence electrons. The van der Waals surface area contributed by atoms with Crippen LogP contribution >= 0.6 is 0 Å². The van der Waals surface area contributed by atoms with Gasteiger partial charge in [0.05, 0.1) is 11.3 Å². The summed E-state index contributed by atoms with van der Waals surface area (Å²) in [6.45, 7) is 1.63. The second-order valence-corrected chi connectivity index (χ2v) is 2.28. The van der Waals surface area contributed by atoms with Crippen molar-refractivity contribution in [3.05, 3.63) is 29.3 Å². The Morgan fingerprint density at radius 2 is 2.18 bits per heavy atom. The molecule has 0 saturated carbocycles. The van der Waals surface area contributed by atoms with Crippen molar-refractivity contribution in [2.45, 2.75) is 6.92 Å². The minimum atomic E-state index is -0.975. The van der Waals surface area contributed by atoms with Crippen LogP contribution in [-0.4, -0.2) is 11.1 Å². The van der Waals surface area contributed by atoms with E-state index in [1.54, 1.807) is 19.1 Å². The lowest BCUT2D eigenvalue weighted by Gasteiger charge is -2.01. The second-order valence-electron chi connectivity index (χ2n) is 2.28. The molecule has 0 aliphatic carbocycles. The lowest BCUT2D eigenvalue weighted by Crippen LogP contribution is -1.99. The van der Waals surface area contributed by atoms with Crippen LogP contribution in [0.1, 0.15) is 15.9 Å². The van der Waals surface area contributed by atoms with Crippen LogP contribution in [0.5, 0.6) is 0 Å². The average molecular weight is 150 g/mol. The minimum Gasteiger partial charge on any atom is -0.478 e. The zero-order chi connectivity index (χ0) is 8.43. The van der Waals surface area contributed by atoms with Crippen LogP contribution in [0.2, 0.25) is 0 Å². The van der Waals surface area contributed by atoms with E-state index in [1.165, 1.54) is 6.07 Å². The summed E-state index contributed by atoms with van der Waals surface area (Å²) in [6.07, 6.45) is 0.